The summed E-state index contributed by atoms with van der Waals surface area (Å²) in [6.07, 6.45) is 3.42. The molecule has 0 aliphatic heterocycles. The Morgan fingerprint density at radius 2 is 2.11 bits per heavy atom. The number of H-pyrrole nitrogens is 1. The lowest BCUT2D eigenvalue weighted by Gasteiger charge is -2.06. The van der Waals surface area contributed by atoms with E-state index in [9.17, 15) is 9.59 Å². The molecule has 0 aliphatic rings. The second-order valence-corrected chi connectivity index (χ2v) is 4.51. The van der Waals surface area contributed by atoms with Crippen LogP contribution in [0.4, 0.5) is 5.69 Å². The number of aromatic nitrogens is 1. The summed E-state index contributed by atoms with van der Waals surface area (Å²) in [6, 6.07) is 10.4. The van der Waals surface area contributed by atoms with Gasteiger partial charge >= 0.3 is 0 Å². The lowest BCUT2D eigenvalue weighted by molar-refractivity contribution is 0.102. The molecule has 92 valence electrons. The zero-order valence-electron chi connectivity index (χ0n) is 9.77. The zero-order chi connectivity index (χ0) is 13.0. The molecule has 2 N–H and O–H groups in total. The van der Waals surface area contributed by atoms with Gasteiger partial charge in [-0.2, -0.15) is 0 Å². The Bertz CT molecular complexity index is 622. The number of carbonyl (C=O) groups excluding carboxylic acids is 1. The van der Waals surface area contributed by atoms with Gasteiger partial charge in [-0.3, -0.25) is 9.59 Å². The monoisotopic (exact) mass is 260 g/mol. The molecule has 0 saturated carbocycles. The third kappa shape index (κ3) is 3.01. The standard InChI is InChI=1S/C13H12N2O2S/c1-18-11-4-2-3-10(8-11)15-13(17)9-5-6-14-12(16)7-9/h2-8H,1H3,(H,14,16)(H,15,17). The van der Waals surface area contributed by atoms with E-state index >= 15 is 0 Å². The molecular formula is C13H12N2O2S. The Balaban J connectivity index is 2.18. The van der Waals surface area contributed by atoms with Gasteiger partial charge in [0.25, 0.3) is 5.91 Å². The molecule has 1 aromatic carbocycles. The molecule has 4 nitrogen and oxygen atoms in total. The first-order valence-electron chi connectivity index (χ1n) is 5.33. The molecule has 1 aromatic heterocycles. The molecule has 0 aliphatic carbocycles. The summed E-state index contributed by atoms with van der Waals surface area (Å²) in [4.78, 5) is 26.5. The molecule has 0 fully saturated rings. The molecular weight excluding hydrogens is 248 g/mol. The Labute approximate surface area is 108 Å². The van der Waals surface area contributed by atoms with Crippen molar-refractivity contribution >= 4 is 23.4 Å². The van der Waals surface area contributed by atoms with E-state index < -0.39 is 0 Å². The van der Waals surface area contributed by atoms with Crippen LogP contribution in [0.3, 0.4) is 0 Å². The van der Waals surface area contributed by atoms with E-state index in [0.29, 0.717) is 11.3 Å². The van der Waals surface area contributed by atoms with Crippen LogP contribution in [-0.2, 0) is 0 Å². The highest BCUT2D eigenvalue weighted by Crippen LogP contribution is 2.19. The molecule has 1 heterocycles. The molecule has 0 spiro atoms. The summed E-state index contributed by atoms with van der Waals surface area (Å²) in [5.41, 5.74) is 0.765. The van der Waals surface area contributed by atoms with Gasteiger partial charge in [0.2, 0.25) is 5.56 Å². The number of carbonyl (C=O) groups is 1. The van der Waals surface area contributed by atoms with Crippen molar-refractivity contribution in [2.45, 2.75) is 4.90 Å². The van der Waals surface area contributed by atoms with Gasteiger partial charge in [-0.1, -0.05) is 6.07 Å². The quantitative estimate of drug-likeness (QED) is 0.833. The van der Waals surface area contributed by atoms with Crippen LogP contribution in [-0.4, -0.2) is 17.1 Å². The number of benzene rings is 1. The highest BCUT2D eigenvalue weighted by atomic mass is 32.2. The Morgan fingerprint density at radius 3 is 2.83 bits per heavy atom. The smallest absolute Gasteiger partial charge is 0.255 e. The second-order valence-electron chi connectivity index (χ2n) is 3.63. The van der Waals surface area contributed by atoms with Gasteiger partial charge in [0.1, 0.15) is 0 Å². The third-order valence-corrected chi connectivity index (χ3v) is 3.09. The van der Waals surface area contributed by atoms with E-state index in [1.54, 1.807) is 17.8 Å². The first-order chi connectivity index (χ1) is 8.69. The van der Waals surface area contributed by atoms with Crippen molar-refractivity contribution in [1.82, 2.24) is 4.98 Å². The van der Waals surface area contributed by atoms with Gasteiger partial charge in [0.15, 0.2) is 0 Å². The van der Waals surface area contributed by atoms with E-state index in [1.165, 1.54) is 12.3 Å². The van der Waals surface area contributed by atoms with Crippen molar-refractivity contribution in [3.8, 4) is 0 Å². The minimum Gasteiger partial charge on any atom is -0.329 e. The number of thioether (sulfide) groups is 1. The number of rotatable bonds is 3. The summed E-state index contributed by atoms with van der Waals surface area (Å²) in [7, 11) is 0. The van der Waals surface area contributed by atoms with Crippen LogP contribution in [0, 0.1) is 0 Å². The molecule has 0 saturated heterocycles. The molecule has 2 aromatic rings. The lowest BCUT2D eigenvalue weighted by Crippen LogP contribution is -2.15. The maximum Gasteiger partial charge on any atom is 0.255 e. The van der Waals surface area contributed by atoms with Crippen molar-refractivity contribution in [3.63, 3.8) is 0 Å². The summed E-state index contributed by atoms with van der Waals surface area (Å²) in [5, 5.41) is 2.76. The fourth-order valence-electron chi connectivity index (χ4n) is 1.49. The maximum absolute atomic E-state index is 11.9. The predicted octanol–water partition coefficient (Wildman–Crippen LogP) is 2.35. The minimum absolute atomic E-state index is 0.291. The molecule has 0 atom stereocenters. The van der Waals surface area contributed by atoms with E-state index in [-0.39, 0.29) is 11.5 Å². The number of nitrogens with one attached hydrogen (secondary N) is 2. The van der Waals surface area contributed by atoms with E-state index in [2.05, 4.69) is 10.3 Å². The van der Waals surface area contributed by atoms with Gasteiger partial charge < -0.3 is 10.3 Å². The number of amides is 1. The molecule has 0 radical (unpaired) electrons. The summed E-state index contributed by atoms with van der Waals surface area (Å²) < 4.78 is 0. The number of pyridine rings is 1. The van der Waals surface area contributed by atoms with Crippen molar-refractivity contribution in [2.24, 2.45) is 0 Å². The maximum atomic E-state index is 11.9. The summed E-state index contributed by atoms with van der Waals surface area (Å²) in [6.45, 7) is 0. The van der Waals surface area contributed by atoms with Crippen molar-refractivity contribution in [1.29, 1.82) is 0 Å². The van der Waals surface area contributed by atoms with Gasteiger partial charge in [-0.25, -0.2) is 0 Å². The number of hydrogen-bond acceptors (Lipinski definition) is 3. The molecule has 5 heteroatoms. The molecule has 2 rings (SSSR count). The first-order valence-corrected chi connectivity index (χ1v) is 6.55. The van der Waals surface area contributed by atoms with Crippen LogP contribution in [0.25, 0.3) is 0 Å². The molecule has 1 amide bonds. The minimum atomic E-state index is -0.292. The van der Waals surface area contributed by atoms with Crippen LogP contribution in [0.2, 0.25) is 0 Å². The molecule has 0 bridgehead atoms. The number of anilines is 1. The van der Waals surface area contributed by atoms with E-state index in [1.807, 2.05) is 30.5 Å². The fraction of sp³-hybridized carbons (Fsp3) is 0.0769. The fourth-order valence-corrected chi connectivity index (χ4v) is 1.95. The molecule has 0 unspecified atom stereocenters. The summed E-state index contributed by atoms with van der Waals surface area (Å²) in [5.74, 6) is -0.292. The Morgan fingerprint density at radius 1 is 1.28 bits per heavy atom. The normalized spacial score (nSPS) is 10.1. The van der Waals surface area contributed by atoms with Gasteiger partial charge in [-0.05, 0) is 30.5 Å². The van der Waals surface area contributed by atoms with Crippen LogP contribution in [0.1, 0.15) is 10.4 Å². The molecule has 18 heavy (non-hydrogen) atoms. The number of hydrogen-bond donors (Lipinski definition) is 2. The van der Waals surface area contributed by atoms with Crippen LogP contribution < -0.4 is 10.9 Å². The van der Waals surface area contributed by atoms with Crippen molar-refractivity contribution in [3.05, 3.63) is 58.5 Å². The highest BCUT2D eigenvalue weighted by molar-refractivity contribution is 7.98. The predicted molar refractivity (Wildman–Crippen MR) is 73.2 cm³/mol. The zero-order valence-corrected chi connectivity index (χ0v) is 10.6. The highest BCUT2D eigenvalue weighted by Gasteiger charge is 2.06. The largest absolute Gasteiger partial charge is 0.329 e. The Kier molecular flexibility index (Phi) is 3.84. The van der Waals surface area contributed by atoms with Gasteiger partial charge in [0, 0.05) is 28.4 Å². The lowest BCUT2D eigenvalue weighted by atomic mass is 10.2. The van der Waals surface area contributed by atoms with Crippen molar-refractivity contribution in [2.75, 3.05) is 11.6 Å². The average Bonchev–Trinajstić information content (AvgIpc) is 2.39. The van der Waals surface area contributed by atoms with Crippen LogP contribution >= 0.6 is 11.8 Å². The van der Waals surface area contributed by atoms with Crippen LogP contribution in [0.5, 0.6) is 0 Å². The van der Waals surface area contributed by atoms with Crippen molar-refractivity contribution < 1.29 is 4.79 Å². The third-order valence-electron chi connectivity index (χ3n) is 2.36. The topological polar surface area (TPSA) is 62.0 Å². The van der Waals surface area contributed by atoms with Gasteiger partial charge in [0.05, 0.1) is 0 Å². The van der Waals surface area contributed by atoms with E-state index in [4.69, 9.17) is 0 Å². The van der Waals surface area contributed by atoms with Gasteiger partial charge in [-0.15, -0.1) is 11.8 Å². The van der Waals surface area contributed by atoms with E-state index in [0.717, 1.165) is 4.90 Å². The average molecular weight is 260 g/mol. The number of aromatic amines is 1. The Hall–Kier alpha value is -2.01. The first kappa shape index (κ1) is 12.4. The summed E-state index contributed by atoms with van der Waals surface area (Å²) >= 11 is 1.60. The van der Waals surface area contributed by atoms with Crippen LogP contribution in [0.15, 0.2) is 52.3 Å². The SMILES string of the molecule is CSc1cccc(NC(=O)c2cc[nH]c(=O)c2)c1. The second kappa shape index (κ2) is 5.55.